The number of hydrogen-bond acceptors (Lipinski definition) is 8. The van der Waals surface area contributed by atoms with Gasteiger partial charge in [-0.05, 0) is 73.7 Å². The Morgan fingerprint density at radius 2 is 1.98 bits per heavy atom. The van der Waals surface area contributed by atoms with Gasteiger partial charge in [0.1, 0.15) is 5.82 Å². The minimum atomic E-state index is -3.86. The third kappa shape index (κ3) is 5.96. The number of aryl methyl sites for hydroxylation is 2. The van der Waals surface area contributed by atoms with Crippen LogP contribution in [-0.2, 0) is 17.1 Å². The summed E-state index contributed by atoms with van der Waals surface area (Å²) in [7, 11) is 0.00673. The number of halogens is 2. The van der Waals surface area contributed by atoms with Gasteiger partial charge < -0.3 is 20.1 Å². The van der Waals surface area contributed by atoms with Crippen LogP contribution >= 0.6 is 12.4 Å². The maximum absolute atomic E-state index is 14.0. The van der Waals surface area contributed by atoms with E-state index >= 15 is 0 Å². The normalized spacial score (nSPS) is 17.8. The van der Waals surface area contributed by atoms with Crippen LogP contribution in [0.5, 0.6) is 0 Å². The molecule has 0 saturated heterocycles. The first-order valence-electron chi connectivity index (χ1n) is 13.3. The average Bonchev–Trinajstić information content (AvgIpc) is 3.67. The predicted octanol–water partition coefficient (Wildman–Crippen LogP) is 5.48. The van der Waals surface area contributed by atoms with Crippen molar-refractivity contribution in [3.8, 4) is 0 Å². The second kappa shape index (κ2) is 11.3. The highest BCUT2D eigenvalue weighted by molar-refractivity contribution is 7.89. The molecule has 6 rings (SSSR count). The van der Waals surface area contributed by atoms with E-state index in [-0.39, 0.29) is 29.0 Å². The van der Waals surface area contributed by atoms with Gasteiger partial charge in [-0.3, -0.25) is 0 Å². The number of nitrogens with two attached hydrogens (primary N) is 1. The lowest BCUT2D eigenvalue weighted by Gasteiger charge is -2.19. The Hall–Kier alpha value is -4.00. The van der Waals surface area contributed by atoms with Crippen molar-refractivity contribution in [1.82, 2.24) is 19.5 Å². The number of nitrogens with zero attached hydrogens (tertiary/aromatic N) is 5. The van der Waals surface area contributed by atoms with Crippen molar-refractivity contribution in [2.24, 2.45) is 24.0 Å². The van der Waals surface area contributed by atoms with Crippen LogP contribution in [0.3, 0.4) is 0 Å². The SMILES string of the molecule is Cc1ccc(Nc2nccc(N(C)c3ccc4c(c3)nc(NCC3=CC5CC5C(F)=CC3)n4C)n2)cc1S(N)(=O)=O.Cl. The molecule has 2 aromatic carbocycles. The van der Waals surface area contributed by atoms with E-state index in [1.807, 2.05) is 41.8 Å². The molecule has 0 spiro atoms. The molecule has 10 nitrogen and oxygen atoms in total. The third-order valence-corrected chi connectivity index (χ3v) is 8.72. The average molecular weight is 611 g/mol. The molecule has 2 unspecified atom stereocenters. The van der Waals surface area contributed by atoms with Gasteiger partial charge in [0.15, 0.2) is 0 Å². The standard InChI is InChI=1S/C29H31FN8O2S.ClH/c1-17-4-6-20(14-26(17)41(31,39)40)34-28-32-11-10-27(36-28)37(2)21-7-9-25-24(15-21)35-29(38(25)3)33-16-18-5-8-23(30)22-13-19(22)12-18;/h4,6-12,14-15,19,22H,5,13,16H2,1-3H3,(H,33,35)(H2,31,39,40)(H,32,34,36);1H. The summed E-state index contributed by atoms with van der Waals surface area (Å²) in [5.74, 6) is 2.13. The lowest BCUT2D eigenvalue weighted by atomic mass is 10.1. The topological polar surface area (TPSA) is 131 Å². The van der Waals surface area contributed by atoms with E-state index in [0.717, 1.165) is 29.1 Å². The van der Waals surface area contributed by atoms with Crippen molar-refractivity contribution in [2.45, 2.75) is 24.7 Å². The molecule has 2 atom stereocenters. The number of anilines is 5. The Morgan fingerprint density at radius 1 is 1.17 bits per heavy atom. The van der Waals surface area contributed by atoms with Crippen LogP contribution in [0, 0.1) is 18.8 Å². The molecule has 2 aliphatic carbocycles. The fourth-order valence-electron chi connectivity index (χ4n) is 5.19. The maximum atomic E-state index is 14.0. The van der Waals surface area contributed by atoms with Crippen LogP contribution in [-0.4, -0.2) is 41.5 Å². The zero-order valence-electron chi connectivity index (χ0n) is 23.4. The second-order valence-electron chi connectivity index (χ2n) is 10.6. The minimum Gasteiger partial charge on any atom is -0.352 e. The first kappa shape index (κ1) is 29.5. The zero-order valence-corrected chi connectivity index (χ0v) is 25.0. The molecule has 2 heterocycles. The van der Waals surface area contributed by atoms with Crippen LogP contribution in [0.2, 0.25) is 0 Å². The summed E-state index contributed by atoms with van der Waals surface area (Å²) in [6.45, 7) is 2.30. The summed E-state index contributed by atoms with van der Waals surface area (Å²) in [4.78, 5) is 15.7. The van der Waals surface area contributed by atoms with E-state index in [0.29, 0.717) is 41.9 Å². The highest BCUT2D eigenvalue weighted by Gasteiger charge is 2.40. The molecule has 0 bridgehead atoms. The molecule has 13 heteroatoms. The Morgan fingerprint density at radius 3 is 2.76 bits per heavy atom. The number of nitrogens with one attached hydrogen (secondary N) is 2. The quantitative estimate of drug-likeness (QED) is 0.223. The third-order valence-electron chi connectivity index (χ3n) is 7.66. The fourth-order valence-corrected chi connectivity index (χ4v) is 6.00. The first-order chi connectivity index (χ1) is 19.6. The van der Waals surface area contributed by atoms with Crippen LogP contribution in [0.4, 0.5) is 33.5 Å². The summed E-state index contributed by atoms with van der Waals surface area (Å²) < 4.78 is 39.8. The van der Waals surface area contributed by atoms with Gasteiger partial charge in [-0.1, -0.05) is 17.7 Å². The predicted molar refractivity (Wildman–Crippen MR) is 166 cm³/mol. The first-order valence-corrected chi connectivity index (χ1v) is 14.8. The molecule has 0 amide bonds. The number of aromatic nitrogens is 4. The number of benzene rings is 2. The largest absolute Gasteiger partial charge is 0.352 e. The Labute approximate surface area is 250 Å². The molecule has 1 saturated carbocycles. The van der Waals surface area contributed by atoms with Crippen LogP contribution < -0.4 is 20.7 Å². The van der Waals surface area contributed by atoms with Crippen molar-refractivity contribution >= 4 is 62.6 Å². The number of allylic oxidation sites excluding steroid dienone is 3. The molecule has 2 aromatic heterocycles. The van der Waals surface area contributed by atoms with Gasteiger partial charge in [-0.2, -0.15) is 4.98 Å². The smallest absolute Gasteiger partial charge is 0.238 e. The van der Waals surface area contributed by atoms with E-state index in [4.69, 9.17) is 10.1 Å². The van der Waals surface area contributed by atoms with Gasteiger partial charge in [0.2, 0.25) is 21.9 Å². The summed E-state index contributed by atoms with van der Waals surface area (Å²) in [5.41, 5.74) is 4.92. The monoisotopic (exact) mass is 610 g/mol. The van der Waals surface area contributed by atoms with Crippen LogP contribution in [0.1, 0.15) is 18.4 Å². The van der Waals surface area contributed by atoms with E-state index < -0.39 is 10.0 Å². The van der Waals surface area contributed by atoms with Crippen molar-refractivity contribution in [3.63, 3.8) is 0 Å². The molecule has 4 N–H and O–H groups in total. The summed E-state index contributed by atoms with van der Waals surface area (Å²) in [6, 6.07) is 12.7. The van der Waals surface area contributed by atoms with Gasteiger partial charge in [-0.25, -0.2) is 27.9 Å². The number of primary sulfonamides is 1. The number of imidazole rings is 1. The summed E-state index contributed by atoms with van der Waals surface area (Å²) in [6.07, 6.45) is 7.07. The van der Waals surface area contributed by atoms with Crippen molar-refractivity contribution < 1.29 is 12.8 Å². The summed E-state index contributed by atoms with van der Waals surface area (Å²) >= 11 is 0. The minimum absolute atomic E-state index is 0. The molecule has 4 aromatic rings. The molecule has 2 aliphatic rings. The lowest BCUT2D eigenvalue weighted by molar-refractivity contribution is 0.567. The van der Waals surface area contributed by atoms with Gasteiger partial charge >= 0.3 is 0 Å². The second-order valence-corrected chi connectivity index (χ2v) is 12.1. The summed E-state index contributed by atoms with van der Waals surface area (Å²) in [5, 5.41) is 11.8. The molecule has 1 fully saturated rings. The fraction of sp³-hybridized carbons (Fsp3) is 0.276. The van der Waals surface area contributed by atoms with Crippen LogP contribution in [0.25, 0.3) is 11.0 Å². The van der Waals surface area contributed by atoms with Crippen molar-refractivity contribution in [1.29, 1.82) is 0 Å². The van der Waals surface area contributed by atoms with Gasteiger partial charge in [-0.15, -0.1) is 12.4 Å². The Bertz CT molecular complexity index is 1840. The van der Waals surface area contributed by atoms with E-state index in [1.54, 1.807) is 37.4 Å². The number of hydrogen-bond donors (Lipinski definition) is 3. The number of rotatable bonds is 8. The lowest BCUT2D eigenvalue weighted by Crippen LogP contribution is -2.14. The maximum Gasteiger partial charge on any atom is 0.238 e. The molecule has 0 aliphatic heterocycles. The molecule has 0 radical (unpaired) electrons. The highest BCUT2D eigenvalue weighted by Crippen LogP contribution is 2.48. The number of fused-ring (bicyclic) bond motifs is 2. The molecular formula is C29H32ClFN8O2S. The molecular weight excluding hydrogens is 579 g/mol. The molecule has 220 valence electrons. The van der Waals surface area contributed by atoms with E-state index in [1.165, 1.54) is 11.6 Å². The van der Waals surface area contributed by atoms with E-state index in [9.17, 15) is 12.8 Å². The Kier molecular flexibility index (Phi) is 7.97. The molecule has 42 heavy (non-hydrogen) atoms. The number of sulfonamides is 1. The van der Waals surface area contributed by atoms with Gasteiger partial charge in [0.05, 0.1) is 21.8 Å². The van der Waals surface area contributed by atoms with Crippen LogP contribution in [0.15, 0.2) is 77.1 Å². The van der Waals surface area contributed by atoms with Crippen molar-refractivity contribution in [2.75, 3.05) is 29.1 Å². The van der Waals surface area contributed by atoms with E-state index in [2.05, 4.69) is 26.7 Å². The van der Waals surface area contributed by atoms with Gasteiger partial charge in [0.25, 0.3) is 0 Å². The zero-order chi connectivity index (χ0) is 28.9. The van der Waals surface area contributed by atoms with Crippen molar-refractivity contribution in [3.05, 3.63) is 77.8 Å². The highest BCUT2D eigenvalue weighted by atomic mass is 35.5. The van der Waals surface area contributed by atoms with Gasteiger partial charge in [0, 0.05) is 44.1 Å². The Balaban J connectivity index is 0.00000353.